The molecule has 0 bridgehead atoms. The summed E-state index contributed by atoms with van der Waals surface area (Å²) < 4.78 is 0. The molecule has 1 atom stereocenters. The molecule has 2 rings (SSSR count). The summed E-state index contributed by atoms with van der Waals surface area (Å²) in [7, 11) is 4.38. The quantitative estimate of drug-likeness (QED) is 0.838. The van der Waals surface area contributed by atoms with E-state index in [1.54, 1.807) is 11.3 Å². The molecule has 1 aromatic heterocycles. The summed E-state index contributed by atoms with van der Waals surface area (Å²) in [5.74, 6) is 0.695. The van der Waals surface area contributed by atoms with E-state index in [1.165, 1.54) is 36.6 Å². The minimum absolute atomic E-state index is 0.695. The third kappa shape index (κ3) is 5.66. The van der Waals surface area contributed by atoms with Gasteiger partial charge >= 0.3 is 0 Å². The maximum absolute atomic E-state index is 4.77. The van der Waals surface area contributed by atoms with E-state index < -0.39 is 0 Å². The Hall–Kier alpha value is -0.490. The number of nitrogens with zero attached hydrogens (tertiary/aromatic N) is 3. The fourth-order valence-electron chi connectivity index (χ4n) is 2.80. The van der Waals surface area contributed by atoms with Gasteiger partial charge in [0.25, 0.3) is 0 Å². The van der Waals surface area contributed by atoms with E-state index in [-0.39, 0.29) is 0 Å². The SMILES string of the molecule is CC(C)CNCc1nc(CN2CCCC(N(C)C)C2)cs1. The molecule has 1 saturated heterocycles. The number of likely N-dealkylation sites (N-methyl/N-ethyl adjacent to an activating group) is 1. The lowest BCUT2D eigenvalue weighted by atomic mass is 10.0. The fraction of sp³-hybridized carbons (Fsp3) is 0.812. The third-order valence-corrected chi connectivity index (χ3v) is 4.92. The highest BCUT2D eigenvalue weighted by molar-refractivity contribution is 7.09. The van der Waals surface area contributed by atoms with Crippen molar-refractivity contribution in [1.29, 1.82) is 0 Å². The van der Waals surface area contributed by atoms with Crippen LogP contribution in [0.1, 0.15) is 37.4 Å². The first-order valence-corrected chi connectivity index (χ1v) is 8.95. The largest absolute Gasteiger partial charge is 0.310 e. The zero-order valence-corrected chi connectivity index (χ0v) is 14.7. The van der Waals surface area contributed by atoms with E-state index in [9.17, 15) is 0 Å². The van der Waals surface area contributed by atoms with Crippen molar-refractivity contribution in [3.63, 3.8) is 0 Å². The molecule has 1 unspecified atom stereocenters. The van der Waals surface area contributed by atoms with Crippen LogP contribution in [0.4, 0.5) is 0 Å². The number of thiazole rings is 1. The van der Waals surface area contributed by atoms with Gasteiger partial charge in [-0.05, 0) is 45.9 Å². The van der Waals surface area contributed by atoms with Crippen molar-refractivity contribution in [1.82, 2.24) is 20.1 Å². The van der Waals surface area contributed by atoms with Gasteiger partial charge in [-0.3, -0.25) is 4.90 Å². The minimum Gasteiger partial charge on any atom is -0.310 e. The molecule has 1 N–H and O–H groups in total. The molecule has 1 aromatic rings. The molecule has 0 amide bonds. The van der Waals surface area contributed by atoms with Gasteiger partial charge in [0.05, 0.1) is 5.69 Å². The molecule has 5 heteroatoms. The van der Waals surface area contributed by atoms with Crippen molar-refractivity contribution in [2.45, 2.75) is 45.8 Å². The third-order valence-electron chi connectivity index (χ3n) is 4.02. The molecule has 1 aliphatic rings. The highest BCUT2D eigenvalue weighted by atomic mass is 32.1. The average molecular weight is 311 g/mol. The molecular formula is C16H30N4S. The molecule has 21 heavy (non-hydrogen) atoms. The number of rotatable bonds is 7. The minimum atomic E-state index is 0.695. The van der Waals surface area contributed by atoms with E-state index in [0.717, 1.165) is 19.6 Å². The van der Waals surface area contributed by atoms with Gasteiger partial charge in [0.2, 0.25) is 0 Å². The second kappa shape index (κ2) is 8.22. The Kier molecular flexibility index (Phi) is 6.61. The van der Waals surface area contributed by atoms with Gasteiger partial charge in [-0.2, -0.15) is 0 Å². The molecule has 1 fully saturated rings. The molecule has 2 heterocycles. The molecule has 120 valence electrons. The van der Waals surface area contributed by atoms with Gasteiger partial charge < -0.3 is 10.2 Å². The number of nitrogens with one attached hydrogen (secondary N) is 1. The standard InChI is InChI=1S/C16H30N4S/c1-13(2)8-17-9-16-18-14(12-21-16)10-20-7-5-6-15(11-20)19(3)4/h12-13,15,17H,5-11H2,1-4H3. The fourth-order valence-corrected chi connectivity index (χ4v) is 3.55. The van der Waals surface area contributed by atoms with Crippen LogP contribution >= 0.6 is 11.3 Å². The smallest absolute Gasteiger partial charge is 0.107 e. The first-order valence-electron chi connectivity index (χ1n) is 8.07. The predicted octanol–water partition coefficient (Wildman–Crippen LogP) is 2.41. The molecule has 1 aliphatic heterocycles. The lowest BCUT2D eigenvalue weighted by molar-refractivity contribution is 0.127. The van der Waals surface area contributed by atoms with E-state index in [1.807, 2.05) is 0 Å². The molecule has 0 aliphatic carbocycles. The Morgan fingerprint density at radius 1 is 1.48 bits per heavy atom. The molecular weight excluding hydrogens is 280 g/mol. The Morgan fingerprint density at radius 3 is 3.00 bits per heavy atom. The average Bonchev–Trinajstić information content (AvgIpc) is 2.86. The molecule has 4 nitrogen and oxygen atoms in total. The lowest BCUT2D eigenvalue weighted by Crippen LogP contribution is -2.44. The van der Waals surface area contributed by atoms with E-state index in [0.29, 0.717) is 12.0 Å². The van der Waals surface area contributed by atoms with Crippen LogP contribution in [-0.2, 0) is 13.1 Å². The lowest BCUT2D eigenvalue weighted by Gasteiger charge is -2.35. The van der Waals surface area contributed by atoms with Crippen LogP contribution in [0.15, 0.2) is 5.38 Å². The summed E-state index contributed by atoms with van der Waals surface area (Å²) in [6.07, 6.45) is 2.63. The normalized spacial score (nSPS) is 20.6. The van der Waals surface area contributed by atoms with Gasteiger partial charge in [0.15, 0.2) is 0 Å². The van der Waals surface area contributed by atoms with E-state index in [4.69, 9.17) is 4.98 Å². The van der Waals surface area contributed by atoms with Gasteiger partial charge in [-0.1, -0.05) is 13.8 Å². The molecule has 0 saturated carbocycles. The topological polar surface area (TPSA) is 31.4 Å². The van der Waals surface area contributed by atoms with Crippen molar-refractivity contribution >= 4 is 11.3 Å². The summed E-state index contributed by atoms with van der Waals surface area (Å²) in [6.45, 7) is 9.82. The summed E-state index contributed by atoms with van der Waals surface area (Å²) in [5.41, 5.74) is 1.24. The number of piperidine rings is 1. The van der Waals surface area contributed by atoms with Crippen LogP contribution < -0.4 is 5.32 Å². The van der Waals surface area contributed by atoms with Crippen LogP contribution in [0.5, 0.6) is 0 Å². The second-order valence-electron chi connectivity index (χ2n) is 6.75. The van der Waals surface area contributed by atoms with E-state index in [2.05, 4.69) is 48.4 Å². The Labute approximate surface area is 133 Å². The van der Waals surface area contributed by atoms with Crippen molar-refractivity contribution in [2.75, 3.05) is 33.7 Å². The van der Waals surface area contributed by atoms with E-state index >= 15 is 0 Å². The highest BCUT2D eigenvalue weighted by Gasteiger charge is 2.21. The zero-order chi connectivity index (χ0) is 15.2. The number of aromatic nitrogens is 1. The Morgan fingerprint density at radius 2 is 2.29 bits per heavy atom. The maximum atomic E-state index is 4.77. The summed E-state index contributed by atoms with van der Waals surface area (Å²) in [6, 6.07) is 0.699. The number of hydrogen-bond donors (Lipinski definition) is 1. The first-order chi connectivity index (χ1) is 10.0. The van der Waals surface area contributed by atoms with Crippen LogP contribution in [-0.4, -0.2) is 54.6 Å². The number of likely N-dealkylation sites (tertiary alicyclic amines) is 1. The van der Waals surface area contributed by atoms with Gasteiger partial charge in [0, 0.05) is 31.1 Å². The van der Waals surface area contributed by atoms with Crippen molar-refractivity contribution < 1.29 is 0 Å². The summed E-state index contributed by atoms with van der Waals surface area (Å²) in [4.78, 5) is 9.68. The Bertz CT molecular complexity index is 416. The predicted molar refractivity (Wildman–Crippen MR) is 90.6 cm³/mol. The maximum Gasteiger partial charge on any atom is 0.107 e. The van der Waals surface area contributed by atoms with Crippen molar-refractivity contribution in [3.05, 3.63) is 16.1 Å². The van der Waals surface area contributed by atoms with Crippen molar-refractivity contribution in [2.24, 2.45) is 5.92 Å². The Balaban J connectivity index is 1.79. The van der Waals surface area contributed by atoms with Gasteiger partial charge in [0.1, 0.15) is 5.01 Å². The molecule has 0 spiro atoms. The summed E-state index contributed by atoms with van der Waals surface area (Å²) in [5, 5.41) is 6.91. The van der Waals surface area contributed by atoms with Crippen molar-refractivity contribution in [3.8, 4) is 0 Å². The molecule has 0 radical (unpaired) electrons. The second-order valence-corrected chi connectivity index (χ2v) is 7.69. The van der Waals surface area contributed by atoms with Gasteiger partial charge in [-0.25, -0.2) is 4.98 Å². The summed E-state index contributed by atoms with van der Waals surface area (Å²) >= 11 is 1.79. The van der Waals surface area contributed by atoms with Crippen LogP contribution in [0, 0.1) is 5.92 Å². The first kappa shape index (κ1) is 16.9. The zero-order valence-electron chi connectivity index (χ0n) is 13.9. The van der Waals surface area contributed by atoms with Crippen LogP contribution in [0.2, 0.25) is 0 Å². The van der Waals surface area contributed by atoms with Gasteiger partial charge in [-0.15, -0.1) is 11.3 Å². The van der Waals surface area contributed by atoms with Crippen LogP contribution in [0.3, 0.4) is 0 Å². The monoisotopic (exact) mass is 310 g/mol. The highest BCUT2D eigenvalue weighted by Crippen LogP contribution is 2.17. The molecule has 0 aromatic carbocycles. The van der Waals surface area contributed by atoms with Crippen LogP contribution in [0.25, 0.3) is 0 Å². The number of hydrogen-bond acceptors (Lipinski definition) is 5.